The van der Waals surface area contributed by atoms with Crippen LogP contribution in [-0.2, 0) is 0 Å². The molecule has 1 N–H and O–H groups in total. The number of hydrogen-bond donors (Lipinski definition) is 1. The Hall–Kier alpha value is -1.61. The maximum absolute atomic E-state index is 13.6. The smallest absolute Gasteiger partial charge is 0.147 e. The van der Waals surface area contributed by atoms with Crippen molar-refractivity contribution in [1.82, 2.24) is 0 Å². The molecule has 1 saturated carbocycles. The van der Waals surface area contributed by atoms with Crippen molar-refractivity contribution in [2.45, 2.75) is 24.8 Å². The summed E-state index contributed by atoms with van der Waals surface area (Å²) in [6, 6.07) is 11.5. The molecule has 0 aliphatic heterocycles. The Morgan fingerprint density at radius 3 is 2.35 bits per heavy atom. The first-order valence-corrected chi connectivity index (χ1v) is 6.96. The summed E-state index contributed by atoms with van der Waals surface area (Å²) in [7, 11) is 0. The number of nitrogens with one attached hydrogen (secondary N) is 1. The van der Waals surface area contributed by atoms with Gasteiger partial charge in [-0.05, 0) is 54.7 Å². The Balaban J connectivity index is 1.59. The van der Waals surface area contributed by atoms with Crippen LogP contribution in [0.1, 0.15) is 24.3 Å². The van der Waals surface area contributed by atoms with E-state index in [1.54, 1.807) is 12.1 Å². The quantitative estimate of drug-likeness (QED) is 0.842. The third kappa shape index (κ3) is 2.78. The number of hydrogen-bond acceptors (Lipinski definition) is 1. The molecule has 2 aromatic rings. The van der Waals surface area contributed by atoms with Gasteiger partial charge in [-0.3, -0.25) is 0 Å². The van der Waals surface area contributed by atoms with E-state index in [1.807, 2.05) is 12.1 Å². The van der Waals surface area contributed by atoms with Crippen molar-refractivity contribution in [3.05, 3.63) is 64.7 Å². The van der Waals surface area contributed by atoms with Crippen LogP contribution in [0.5, 0.6) is 0 Å². The standard InChI is InChI=1S/C16H14ClF2N/c17-12-3-6-16(15(19)9-12)20-14-7-11(8-14)10-1-4-13(18)5-2-10/h1-6,9,11,14,20H,7-8H2. The topological polar surface area (TPSA) is 12.0 Å². The van der Waals surface area contributed by atoms with Crippen molar-refractivity contribution in [1.29, 1.82) is 0 Å². The minimum absolute atomic E-state index is 0.217. The lowest BCUT2D eigenvalue weighted by Crippen LogP contribution is -2.34. The Morgan fingerprint density at radius 2 is 1.70 bits per heavy atom. The van der Waals surface area contributed by atoms with Gasteiger partial charge >= 0.3 is 0 Å². The van der Waals surface area contributed by atoms with Gasteiger partial charge in [-0.25, -0.2) is 8.78 Å². The molecule has 4 heteroatoms. The minimum atomic E-state index is -0.331. The van der Waals surface area contributed by atoms with Gasteiger partial charge in [0.25, 0.3) is 0 Å². The Bertz CT molecular complexity index is 606. The molecule has 104 valence electrons. The van der Waals surface area contributed by atoms with Crippen LogP contribution in [0.2, 0.25) is 5.02 Å². The van der Waals surface area contributed by atoms with E-state index in [0.29, 0.717) is 16.6 Å². The lowest BCUT2D eigenvalue weighted by atomic mass is 9.76. The Labute approximate surface area is 121 Å². The second kappa shape index (κ2) is 5.41. The highest BCUT2D eigenvalue weighted by Crippen LogP contribution is 2.38. The highest BCUT2D eigenvalue weighted by molar-refractivity contribution is 6.30. The second-order valence-corrected chi connectivity index (χ2v) is 5.62. The third-order valence-corrected chi connectivity index (χ3v) is 4.01. The summed E-state index contributed by atoms with van der Waals surface area (Å²) < 4.78 is 26.5. The van der Waals surface area contributed by atoms with Crippen molar-refractivity contribution in [2.24, 2.45) is 0 Å². The summed E-state index contributed by atoms with van der Waals surface area (Å²) >= 11 is 5.72. The minimum Gasteiger partial charge on any atom is -0.380 e. The van der Waals surface area contributed by atoms with Crippen molar-refractivity contribution in [3.8, 4) is 0 Å². The highest BCUT2D eigenvalue weighted by atomic mass is 35.5. The normalized spacial score (nSPS) is 21.4. The Kier molecular flexibility index (Phi) is 3.62. The van der Waals surface area contributed by atoms with Gasteiger partial charge in [0.2, 0.25) is 0 Å². The molecule has 0 bridgehead atoms. The van der Waals surface area contributed by atoms with Gasteiger partial charge in [-0.2, -0.15) is 0 Å². The second-order valence-electron chi connectivity index (χ2n) is 5.19. The molecule has 1 fully saturated rings. The van der Waals surface area contributed by atoms with E-state index in [9.17, 15) is 8.78 Å². The average molecular weight is 294 g/mol. The Morgan fingerprint density at radius 1 is 1.00 bits per heavy atom. The van der Waals surface area contributed by atoms with Gasteiger partial charge in [-0.15, -0.1) is 0 Å². The number of benzene rings is 2. The summed E-state index contributed by atoms with van der Waals surface area (Å²) in [5.41, 5.74) is 1.62. The first kappa shape index (κ1) is 13.4. The van der Waals surface area contributed by atoms with E-state index in [0.717, 1.165) is 18.4 Å². The molecule has 0 atom stereocenters. The van der Waals surface area contributed by atoms with E-state index in [-0.39, 0.29) is 17.7 Å². The van der Waals surface area contributed by atoms with Crippen molar-refractivity contribution in [3.63, 3.8) is 0 Å². The van der Waals surface area contributed by atoms with Gasteiger partial charge in [0, 0.05) is 11.1 Å². The van der Waals surface area contributed by atoms with Gasteiger partial charge in [-0.1, -0.05) is 23.7 Å². The van der Waals surface area contributed by atoms with E-state index in [1.165, 1.54) is 18.2 Å². The van der Waals surface area contributed by atoms with E-state index in [2.05, 4.69) is 5.32 Å². The van der Waals surface area contributed by atoms with E-state index >= 15 is 0 Å². The number of halogens is 3. The molecule has 0 heterocycles. The molecule has 0 saturated heterocycles. The van der Waals surface area contributed by atoms with Gasteiger partial charge < -0.3 is 5.32 Å². The van der Waals surface area contributed by atoms with Gasteiger partial charge in [0.1, 0.15) is 11.6 Å². The maximum Gasteiger partial charge on any atom is 0.147 e. The van der Waals surface area contributed by atoms with Crippen LogP contribution in [0.25, 0.3) is 0 Å². The van der Waals surface area contributed by atoms with Crippen molar-refractivity contribution < 1.29 is 8.78 Å². The SMILES string of the molecule is Fc1ccc(C2CC(Nc3ccc(Cl)cc3F)C2)cc1. The van der Waals surface area contributed by atoms with Crippen LogP contribution >= 0.6 is 11.6 Å². The van der Waals surface area contributed by atoms with Crippen LogP contribution < -0.4 is 5.32 Å². The molecular formula is C16H14ClF2N. The molecule has 3 rings (SSSR count). The first-order chi connectivity index (χ1) is 9.61. The van der Waals surface area contributed by atoms with Crippen LogP contribution in [0.15, 0.2) is 42.5 Å². The van der Waals surface area contributed by atoms with Crippen molar-refractivity contribution in [2.75, 3.05) is 5.32 Å². The molecule has 0 aromatic heterocycles. The lowest BCUT2D eigenvalue weighted by molar-refractivity contribution is 0.372. The fourth-order valence-electron chi connectivity index (χ4n) is 2.57. The van der Waals surface area contributed by atoms with Crippen LogP contribution in [0.4, 0.5) is 14.5 Å². The number of anilines is 1. The summed E-state index contributed by atoms with van der Waals surface area (Å²) in [6.07, 6.45) is 1.85. The molecular weight excluding hydrogens is 280 g/mol. The molecule has 1 nitrogen and oxygen atoms in total. The zero-order valence-corrected chi connectivity index (χ0v) is 11.5. The summed E-state index contributed by atoms with van der Waals surface area (Å²) in [5, 5.41) is 3.57. The fraction of sp³-hybridized carbons (Fsp3) is 0.250. The average Bonchev–Trinajstić information content (AvgIpc) is 2.37. The monoisotopic (exact) mass is 293 g/mol. The van der Waals surface area contributed by atoms with Gasteiger partial charge in [0.15, 0.2) is 0 Å². The zero-order chi connectivity index (χ0) is 14.1. The first-order valence-electron chi connectivity index (χ1n) is 6.59. The van der Waals surface area contributed by atoms with Crippen LogP contribution in [-0.4, -0.2) is 6.04 Å². The zero-order valence-electron chi connectivity index (χ0n) is 10.7. The summed E-state index contributed by atoms with van der Waals surface area (Å²) in [4.78, 5) is 0. The summed E-state index contributed by atoms with van der Waals surface area (Å²) in [6.45, 7) is 0. The molecule has 0 spiro atoms. The van der Waals surface area contributed by atoms with Gasteiger partial charge in [0.05, 0.1) is 5.69 Å². The fourth-order valence-corrected chi connectivity index (χ4v) is 2.73. The maximum atomic E-state index is 13.6. The van der Waals surface area contributed by atoms with Crippen LogP contribution in [0, 0.1) is 11.6 Å². The number of rotatable bonds is 3. The largest absolute Gasteiger partial charge is 0.380 e. The molecule has 0 unspecified atom stereocenters. The third-order valence-electron chi connectivity index (χ3n) is 3.77. The van der Waals surface area contributed by atoms with Crippen molar-refractivity contribution >= 4 is 17.3 Å². The summed E-state index contributed by atoms with van der Waals surface area (Å²) in [5.74, 6) is -0.128. The molecule has 20 heavy (non-hydrogen) atoms. The van der Waals surface area contributed by atoms with Crippen LogP contribution in [0.3, 0.4) is 0 Å². The molecule has 0 amide bonds. The lowest BCUT2D eigenvalue weighted by Gasteiger charge is -2.37. The predicted molar refractivity (Wildman–Crippen MR) is 77.2 cm³/mol. The molecule has 1 aliphatic carbocycles. The molecule has 1 aliphatic rings. The van der Waals surface area contributed by atoms with E-state index in [4.69, 9.17) is 11.6 Å². The highest BCUT2D eigenvalue weighted by Gasteiger charge is 2.30. The molecule has 2 aromatic carbocycles. The van der Waals surface area contributed by atoms with E-state index < -0.39 is 0 Å². The molecule has 0 radical (unpaired) electrons. The predicted octanol–water partition coefficient (Wildman–Crippen LogP) is 4.98.